The van der Waals surface area contributed by atoms with E-state index in [9.17, 15) is 4.79 Å². The Kier molecular flexibility index (Phi) is 6.92. The maximum Gasteiger partial charge on any atom is 0.246 e. The number of hydrogen-bond donors (Lipinski definition) is 1. The molecule has 1 atom stereocenters. The van der Waals surface area contributed by atoms with Crippen molar-refractivity contribution in [2.75, 3.05) is 39.5 Å². The highest BCUT2D eigenvalue weighted by molar-refractivity contribution is 6.02. The third-order valence-electron chi connectivity index (χ3n) is 6.75. The Morgan fingerprint density at radius 2 is 1.84 bits per heavy atom. The summed E-state index contributed by atoms with van der Waals surface area (Å²) < 4.78 is 8.20. The van der Waals surface area contributed by atoms with E-state index < -0.39 is 0 Å². The number of likely N-dealkylation sites (tertiary alicyclic amines) is 1. The summed E-state index contributed by atoms with van der Waals surface area (Å²) in [5.74, 6) is 2.04. The van der Waals surface area contributed by atoms with Crippen LogP contribution < -0.4 is 10.5 Å². The number of aromatic nitrogens is 3. The molecule has 2 aromatic heterocycles. The highest BCUT2D eigenvalue weighted by Crippen LogP contribution is 2.40. The van der Waals surface area contributed by atoms with Crippen molar-refractivity contribution in [1.82, 2.24) is 24.3 Å². The molecule has 2 aromatic carbocycles. The van der Waals surface area contributed by atoms with Crippen LogP contribution in [0.1, 0.15) is 18.2 Å². The van der Waals surface area contributed by atoms with E-state index in [0.717, 1.165) is 52.3 Å². The summed E-state index contributed by atoms with van der Waals surface area (Å²) in [4.78, 5) is 25.6. The first-order valence-corrected chi connectivity index (χ1v) is 12.5. The van der Waals surface area contributed by atoms with E-state index in [2.05, 4.69) is 21.5 Å². The van der Waals surface area contributed by atoms with Crippen LogP contribution >= 0.6 is 0 Å². The first kappa shape index (κ1) is 24.5. The lowest BCUT2D eigenvalue weighted by molar-refractivity contribution is -0.125. The van der Waals surface area contributed by atoms with Crippen LogP contribution in [-0.2, 0) is 4.79 Å². The fourth-order valence-electron chi connectivity index (χ4n) is 5.01. The number of rotatable bonds is 7. The summed E-state index contributed by atoms with van der Waals surface area (Å²) in [6, 6.07) is 17.8. The second kappa shape index (κ2) is 10.4. The van der Waals surface area contributed by atoms with E-state index >= 15 is 0 Å². The molecule has 37 heavy (non-hydrogen) atoms. The minimum Gasteiger partial charge on any atom is -0.457 e. The monoisotopic (exact) mass is 496 g/mol. The highest BCUT2D eigenvalue weighted by Gasteiger charge is 2.31. The molecule has 1 fully saturated rings. The van der Waals surface area contributed by atoms with E-state index in [1.807, 2.05) is 84.6 Å². The second-order valence-electron chi connectivity index (χ2n) is 9.62. The molecule has 1 amide bonds. The largest absolute Gasteiger partial charge is 0.457 e. The topological polar surface area (TPSA) is 89.5 Å². The molecule has 8 nitrogen and oxygen atoms in total. The average molecular weight is 497 g/mol. The Morgan fingerprint density at radius 1 is 1.11 bits per heavy atom. The van der Waals surface area contributed by atoms with Crippen LogP contribution in [0, 0.1) is 6.92 Å². The van der Waals surface area contributed by atoms with E-state index in [-0.39, 0.29) is 11.9 Å². The summed E-state index contributed by atoms with van der Waals surface area (Å²) in [5.41, 5.74) is 10.3. The number of benzene rings is 2. The molecule has 2 N–H and O–H groups in total. The summed E-state index contributed by atoms with van der Waals surface area (Å²) in [6.07, 6.45) is 5.94. The number of nitrogen functional groups attached to an aromatic ring is 1. The number of nitrogens with zero attached hydrogens (tertiary/aromatic N) is 5. The number of amides is 1. The zero-order valence-corrected chi connectivity index (χ0v) is 21.5. The number of likely N-dealkylation sites (N-methyl/N-ethyl adjacent to an activating group) is 1. The standard InChI is InChI=1S/C29H32N6O2/c1-20-26(21-11-13-24(14-12-21)37-23-8-5-4-6-9-23)27-28(30)31-19-32-29(27)35(20)22-15-17-34(18-22)25(36)10-7-16-33(2)3/h4-14,19,22H,15-18H2,1-3H3,(H2,30,31,32)/b10-7+/t22-/m1/s1. The molecule has 190 valence electrons. The molecule has 0 bridgehead atoms. The predicted molar refractivity (Wildman–Crippen MR) is 147 cm³/mol. The highest BCUT2D eigenvalue weighted by atomic mass is 16.5. The van der Waals surface area contributed by atoms with Gasteiger partial charge in [0.15, 0.2) is 0 Å². The first-order valence-electron chi connectivity index (χ1n) is 12.5. The summed E-state index contributed by atoms with van der Waals surface area (Å²) in [6.45, 7) is 4.16. The number of ether oxygens (including phenoxy) is 1. The number of hydrogen-bond acceptors (Lipinski definition) is 6. The van der Waals surface area contributed by atoms with Gasteiger partial charge >= 0.3 is 0 Å². The smallest absolute Gasteiger partial charge is 0.246 e. The van der Waals surface area contributed by atoms with Gasteiger partial charge in [-0.25, -0.2) is 9.97 Å². The first-order chi connectivity index (χ1) is 17.9. The normalized spacial score (nSPS) is 15.8. The lowest BCUT2D eigenvalue weighted by Crippen LogP contribution is -2.27. The predicted octanol–water partition coefficient (Wildman–Crippen LogP) is 4.67. The van der Waals surface area contributed by atoms with E-state index in [1.165, 1.54) is 6.33 Å². The average Bonchev–Trinajstić information content (AvgIpc) is 3.48. The van der Waals surface area contributed by atoms with Crippen LogP contribution in [0.25, 0.3) is 22.2 Å². The minimum atomic E-state index is 0.0434. The molecule has 1 aliphatic heterocycles. The Labute approximate surface area is 217 Å². The molecule has 4 aromatic rings. The van der Waals surface area contributed by atoms with Crippen LogP contribution in [0.5, 0.6) is 11.5 Å². The van der Waals surface area contributed by atoms with Crippen LogP contribution in [0.15, 0.2) is 73.1 Å². The second-order valence-corrected chi connectivity index (χ2v) is 9.62. The zero-order valence-electron chi connectivity index (χ0n) is 21.5. The molecule has 0 spiro atoms. The van der Waals surface area contributed by atoms with Crippen molar-refractivity contribution in [2.24, 2.45) is 0 Å². The minimum absolute atomic E-state index is 0.0434. The van der Waals surface area contributed by atoms with Gasteiger partial charge in [0.1, 0.15) is 29.3 Å². The third kappa shape index (κ3) is 5.06. The number of para-hydroxylation sites is 1. The van der Waals surface area contributed by atoms with Crippen LogP contribution in [0.2, 0.25) is 0 Å². The van der Waals surface area contributed by atoms with Crippen molar-refractivity contribution in [2.45, 2.75) is 19.4 Å². The van der Waals surface area contributed by atoms with Gasteiger partial charge in [0.25, 0.3) is 0 Å². The van der Waals surface area contributed by atoms with Crippen molar-refractivity contribution in [1.29, 1.82) is 0 Å². The third-order valence-corrected chi connectivity index (χ3v) is 6.75. The molecular weight excluding hydrogens is 464 g/mol. The van der Waals surface area contributed by atoms with Gasteiger partial charge < -0.3 is 24.8 Å². The summed E-state index contributed by atoms with van der Waals surface area (Å²) in [5, 5.41) is 0.840. The van der Waals surface area contributed by atoms with Crippen LogP contribution in [0.3, 0.4) is 0 Å². The van der Waals surface area contributed by atoms with Gasteiger partial charge in [-0.1, -0.05) is 36.4 Å². The fraction of sp³-hybridized carbons (Fsp3) is 0.276. The van der Waals surface area contributed by atoms with Crippen molar-refractivity contribution in [3.63, 3.8) is 0 Å². The SMILES string of the molecule is Cc1c(-c2ccc(Oc3ccccc3)cc2)c2c(N)ncnc2n1[C@@H]1CCN(C(=O)/C=C/CN(C)C)C1. The molecule has 0 unspecified atom stereocenters. The van der Waals surface area contributed by atoms with Crippen molar-refractivity contribution in [3.05, 3.63) is 78.8 Å². The molecule has 0 radical (unpaired) electrons. The lowest BCUT2D eigenvalue weighted by Gasteiger charge is -2.18. The Hall–Kier alpha value is -4.17. The van der Waals surface area contributed by atoms with Gasteiger partial charge in [-0.15, -0.1) is 0 Å². The molecule has 3 heterocycles. The van der Waals surface area contributed by atoms with Crippen molar-refractivity contribution in [3.8, 4) is 22.6 Å². The molecule has 0 aliphatic carbocycles. The van der Waals surface area contributed by atoms with Gasteiger partial charge in [0.05, 0.1) is 11.4 Å². The van der Waals surface area contributed by atoms with Crippen LogP contribution in [0.4, 0.5) is 5.82 Å². The van der Waals surface area contributed by atoms with Gasteiger partial charge in [0.2, 0.25) is 5.91 Å². The molecule has 1 aliphatic rings. The molecule has 5 rings (SSSR count). The molecule has 0 saturated carbocycles. The van der Waals surface area contributed by atoms with Crippen molar-refractivity contribution >= 4 is 22.8 Å². The Bertz CT molecular complexity index is 1430. The van der Waals surface area contributed by atoms with Crippen LogP contribution in [-0.4, -0.2) is 64.0 Å². The zero-order chi connectivity index (χ0) is 25.9. The van der Waals surface area contributed by atoms with E-state index in [1.54, 1.807) is 6.08 Å². The van der Waals surface area contributed by atoms with Gasteiger partial charge in [-0.2, -0.15) is 0 Å². The summed E-state index contributed by atoms with van der Waals surface area (Å²) in [7, 11) is 3.96. The number of anilines is 1. The van der Waals surface area contributed by atoms with Gasteiger partial charge in [0, 0.05) is 37.0 Å². The molecular formula is C29H32N6O2. The van der Waals surface area contributed by atoms with Gasteiger partial charge in [-0.3, -0.25) is 4.79 Å². The van der Waals surface area contributed by atoms with Gasteiger partial charge in [-0.05, 0) is 57.3 Å². The maximum atomic E-state index is 12.7. The molecule has 1 saturated heterocycles. The molecule has 8 heteroatoms. The number of nitrogens with two attached hydrogens (primary N) is 1. The number of carbonyl (C=O) groups excluding carboxylic acids is 1. The number of carbonyl (C=O) groups is 1. The van der Waals surface area contributed by atoms with E-state index in [0.29, 0.717) is 18.9 Å². The fourth-order valence-corrected chi connectivity index (χ4v) is 5.01. The lowest BCUT2D eigenvalue weighted by atomic mass is 10.0. The summed E-state index contributed by atoms with van der Waals surface area (Å²) >= 11 is 0. The van der Waals surface area contributed by atoms with Crippen molar-refractivity contribution < 1.29 is 9.53 Å². The Balaban J connectivity index is 1.45. The quantitative estimate of drug-likeness (QED) is 0.374. The maximum absolute atomic E-state index is 12.7. The number of fused-ring (bicyclic) bond motifs is 1. The van der Waals surface area contributed by atoms with E-state index in [4.69, 9.17) is 10.5 Å². The Morgan fingerprint density at radius 3 is 2.57 bits per heavy atom.